The molecule has 0 fully saturated rings. The molecule has 24 heavy (non-hydrogen) atoms. The smallest absolute Gasteiger partial charge is 0.349 e. The van der Waals surface area contributed by atoms with Gasteiger partial charge in [0.15, 0.2) is 0 Å². The molecule has 0 atom stereocenters. The zero-order valence-corrected chi connectivity index (χ0v) is 14.9. The predicted molar refractivity (Wildman–Crippen MR) is 92.5 cm³/mol. The minimum atomic E-state index is -0.572. The van der Waals surface area contributed by atoms with Crippen LogP contribution in [0.5, 0.6) is 5.75 Å². The summed E-state index contributed by atoms with van der Waals surface area (Å²) in [7, 11) is 1.33. The molecule has 2 N–H and O–H groups in total. The number of aryl methyl sites for hydroxylation is 1. The molecule has 0 aliphatic rings. The fourth-order valence-electron chi connectivity index (χ4n) is 2.04. The van der Waals surface area contributed by atoms with Gasteiger partial charge in [-0.1, -0.05) is 13.8 Å². The van der Waals surface area contributed by atoms with Crippen molar-refractivity contribution in [2.45, 2.75) is 20.8 Å². The number of hydrogen-bond donors (Lipinski definition) is 1. The van der Waals surface area contributed by atoms with Crippen LogP contribution in [-0.4, -0.2) is 30.6 Å². The SMILES string of the molecule is COC(=O)c1sc(-c2ccc(OCC(C)C)c(C(N)=O)c2)nc1C. The molecule has 128 valence electrons. The number of primary amides is 1. The van der Waals surface area contributed by atoms with E-state index in [2.05, 4.69) is 4.98 Å². The summed E-state index contributed by atoms with van der Waals surface area (Å²) in [5.74, 6) is -0.226. The average molecular weight is 348 g/mol. The third kappa shape index (κ3) is 3.91. The minimum absolute atomic E-state index is 0.292. The van der Waals surface area contributed by atoms with Gasteiger partial charge in [-0.3, -0.25) is 4.79 Å². The number of methoxy groups -OCH3 is 1. The Labute approximate surface area is 144 Å². The molecule has 0 spiro atoms. The van der Waals surface area contributed by atoms with Crippen LogP contribution in [0.4, 0.5) is 0 Å². The largest absolute Gasteiger partial charge is 0.492 e. The van der Waals surface area contributed by atoms with Crippen molar-refractivity contribution in [1.29, 1.82) is 0 Å². The lowest BCUT2D eigenvalue weighted by Gasteiger charge is -2.12. The zero-order valence-electron chi connectivity index (χ0n) is 14.1. The molecule has 0 bridgehead atoms. The summed E-state index contributed by atoms with van der Waals surface area (Å²) in [5, 5.41) is 0.616. The van der Waals surface area contributed by atoms with Crippen molar-refractivity contribution in [1.82, 2.24) is 4.98 Å². The Hall–Kier alpha value is -2.41. The van der Waals surface area contributed by atoms with E-state index in [-0.39, 0.29) is 0 Å². The molecule has 0 saturated heterocycles. The molecule has 0 aliphatic carbocycles. The molecule has 2 rings (SSSR count). The Bertz CT molecular complexity index is 768. The van der Waals surface area contributed by atoms with Crippen LogP contribution in [0.3, 0.4) is 0 Å². The number of thiazole rings is 1. The number of carbonyl (C=O) groups is 2. The van der Waals surface area contributed by atoms with Crippen molar-refractivity contribution in [3.63, 3.8) is 0 Å². The van der Waals surface area contributed by atoms with E-state index < -0.39 is 11.9 Å². The highest BCUT2D eigenvalue weighted by molar-refractivity contribution is 7.17. The van der Waals surface area contributed by atoms with Gasteiger partial charge in [-0.15, -0.1) is 11.3 Å². The first-order chi connectivity index (χ1) is 11.3. The van der Waals surface area contributed by atoms with Crippen LogP contribution in [0.15, 0.2) is 18.2 Å². The maximum Gasteiger partial charge on any atom is 0.349 e. The summed E-state index contributed by atoms with van der Waals surface area (Å²) in [6, 6.07) is 5.13. The molecular formula is C17H20N2O4S. The van der Waals surface area contributed by atoms with Crippen molar-refractivity contribution in [3.8, 4) is 16.3 Å². The molecule has 2 aromatic rings. The Morgan fingerprint density at radius 1 is 1.33 bits per heavy atom. The van der Waals surface area contributed by atoms with Gasteiger partial charge in [-0.2, -0.15) is 0 Å². The van der Waals surface area contributed by atoms with Crippen LogP contribution in [0.25, 0.3) is 10.6 Å². The maximum absolute atomic E-state index is 11.7. The Kier molecular flexibility index (Phi) is 5.56. The van der Waals surface area contributed by atoms with E-state index in [0.717, 1.165) is 0 Å². The summed E-state index contributed by atoms with van der Waals surface area (Å²) in [4.78, 5) is 28.3. The second-order valence-electron chi connectivity index (χ2n) is 5.71. The maximum atomic E-state index is 11.7. The lowest BCUT2D eigenvalue weighted by atomic mass is 10.1. The second-order valence-corrected chi connectivity index (χ2v) is 6.70. The highest BCUT2D eigenvalue weighted by Crippen LogP contribution is 2.31. The van der Waals surface area contributed by atoms with E-state index >= 15 is 0 Å². The van der Waals surface area contributed by atoms with Crippen LogP contribution in [0.2, 0.25) is 0 Å². The Morgan fingerprint density at radius 2 is 2.04 bits per heavy atom. The van der Waals surface area contributed by atoms with Crippen molar-refractivity contribution in [2.24, 2.45) is 11.7 Å². The molecule has 1 amide bonds. The molecule has 1 aromatic carbocycles. The van der Waals surface area contributed by atoms with Gasteiger partial charge in [-0.05, 0) is 31.0 Å². The fourth-order valence-corrected chi connectivity index (χ4v) is 3.02. The molecule has 0 saturated carbocycles. The molecule has 7 heteroatoms. The number of carbonyl (C=O) groups excluding carboxylic acids is 2. The Morgan fingerprint density at radius 3 is 2.62 bits per heavy atom. The lowest BCUT2D eigenvalue weighted by molar-refractivity contribution is 0.0605. The van der Waals surface area contributed by atoms with Crippen LogP contribution >= 0.6 is 11.3 Å². The number of ether oxygens (including phenoxy) is 2. The highest BCUT2D eigenvalue weighted by atomic mass is 32.1. The van der Waals surface area contributed by atoms with Gasteiger partial charge < -0.3 is 15.2 Å². The summed E-state index contributed by atoms with van der Waals surface area (Å²) in [6.45, 7) is 6.26. The number of nitrogens with zero attached hydrogens (tertiary/aromatic N) is 1. The van der Waals surface area contributed by atoms with Crippen LogP contribution in [-0.2, 0) is 4.74 Å². The Balaban J connectivity index is 2.40. The van der Waals surface area contributed by atoms with Crippen molar-refractivity contribution < 1.29 is 19.1 Å². The standard InChI is InChI=1S/C17H20N2O4S/c1-9(2)8-23-13-6-5-11(7-12(13)15(18)20)16-19-10(3)14(24-16)17(21)22-4/h5-7,9H,8H2,1-4H3,(H2,18,20). The van der Waals surface area contributed by atoms with Gasteiger partial charge in [0, 0.05) is 5.56 Å². The van der Waals surface area contributed by atoms with Gasteiger partial charge in [0.2, 0.25) is 0 Å². The van der Waals surface area contributed by atoms with E-state index in [9.17, 15) is 9.59 Å². The molecule has 6 nitrogen and oxygen atoms in total. The van der Waals surface area contributed by atoms with E-state index in [4.69, 9.17) is 15.2 Å². The third-order valence-electron chi connectivity index (χ3n) is 3.23. The monoisotopic (exact) mass is 348 g/mol. The third-order valence-corrected chi connectivity index (χ3v) is 4.42. The number of nitrogens with two attached hydrogens (primary N) is 1. The molecule has 0 unspecified atom stereocenters. The molecule has 1 aromatic heterocycles. The first-order valence-corrected chi connectivity index (χ1v) is 8.28. The van der Waals surface area contributed by atoms with E-state index in [1.165, 1.54) is 18.4 Å². The minimum Gasteiger partial charge on any atom is -0.492 e. The van der Waals surface area contributed by atoms with Crippen molar-refractivity contribution in [3.05, 3.63) is 34.3 Å². The van der Waals surface area contributed by atoms with Crippen LogP contribution in [0, 0.1) is 12.8 Å². The van der Waals surface area contributed by atoms with Gasteiger partial charge in [0.25, 0.3) is 5.91 Å². The quantitative estimate of drug-likeness (QED) is 0.810. The lowest BCUT2D eigenvalue weighted by Crippen LogP contribution is -2.14. The molecule has 1 heterocycles. The highest BCUT2D eigenvalue weighted by Gasteiger charge is 2.18. The fraction of sp³-hybridized carbons (Fsp3) is 0.353. The molecule has 0 aliphatic heterocycles. The van der Waals surface area contributed by atoms with Crippen LogP contribution < -0.4 is 10.5 Å². The van der Waals surface area contributed by atoms with E-state index in [1.807, 2.05) is 13.8 Å². The number of benzene rings is 1. The number of esters is 1. The van der Waals surface area contributed by atoms with Gasteiger partial charge in [0.05, 0.1) is 25.0 Å². The average Bonchev–Trinajstić information content (AvgIpc) is 2.93. The summed E-state index contributed by atoms with van der Waals surface area (Å²) >= 11 is 1.21. The van der Waals surface area contributed by atoms with Crippen LogP contribution in [0.1, 0.15) is 39.6 Å². The van der Waals surface area contributed by atoms with Gasteiger partial charge in [-0.25, -0.2) is 9.78 Å². The normalized spacial score (nSPS) is 10.7. The second kappa shape index (κ2) is 7.44. The first kappa shape index (κ1) is 17.9. The van der Waals surface area contributed by atoms with Gasteiger partial charge in [0.1, 0.15) is 15.6 Å². The van der Waals surface area contributed by atoms with Gasteiger partial charge >= 0.3 is 5.97 Å². The summed E-state index contributed by atoms with van der Waals surface area (Å²) in [6.07, 6.45) is 0. The number of amides is 1. The molecule has 0 radical (unpaired) electrons. The van der Waals surface area contributed by atoms with E-state index in [0.29, 0.717) is 45.0 Å². The first-order valence-electron chi connectivity index (χ1n) is 7.46. The number of rotatable bonds is 6. The number of hydrogen-bond acceptors (Lipinski definition) is 6. The van der Waals surface area contributed by atoms with E-state index in [1.54, 1.807) is 25.1 Å². The van der Waals surface area contributed by atoms with Crippen molar-refractivity contribution in [2.75, 3.05) is 13.7 Å². The summed E-state index contributed by atoms with van der Waals surface area (Å²) < 4.78 is 10.4. The number of aromatic nitrogens is 1. The topological polar surface area (TPSA) is 91.5 Å². The van der Waals surface area contributed by atoms with Crippen molar-refractivity contribution >= 4 is 23.2 Å². The zero-order chi connectivity index (χ0) is 17.9. The predicted octanol–water partition coefficient (Wildman–Crippen LogP) is 3.04. The summed E-state index contributed by atoms with van der Waals surface area (Å²) in [5.41, 5.74) is 7.04. The molecular weight excluding hydrogens is 328 g/mol.